The molecule has 1 aromatic carbocycles. The topological polar surface area (TPSA) is 58.7 Å². The van der Waals surface area contributed by atoms with Crippen LogP contribution in [-0.2, 0) is 0 Å². The van der Waals surface area contributed by atoms with Crippen LogP contribution in [0.3, 0.4) is 0 Å². The van der Waals surface area contributed by atoms with Gasteiger partial charge in [0.15, 0.2) is 0 Å². The van der Waals surface area contributed by atoms with Crippen LogP contribution in [0.5, 0.6) is 0 Å². The van der Waals surface area contributed by atoms with Crippen LogP contribution in [0, 0.1) is 10.1 Å². The summed E-state index contributed by atoms with van der Waals surface area (Å²) in [7, 11) is 0. The summed E-state index contributed by atoms with van der Waals surface area (Å²) in [5.74, 6) is 0. The van der Waals surface area contributed by atoms with Gasteiger partial charge in [-0.1, -0.05) is 12.8 Å². The molecule has 1 aliphatic rings. The highest BCUT2D eigenvalue weighted by atomic mass is 16.6. The third-order valence-electron chi connectivity index (χ3n) is 3.06. The molecule has 2 rings (SSSR count). The second-order valence-corrected chi connectivity index (χ2v) is 4.46. The predicted molar refractivity (Wildman–Crippen MR) is 70.7 cm³/mol. The van der Waals surface area contributed by atoms with Crippen molar-refractivity contribution in [3.05, 3.63) is 39.9 Å². The Morgan fingerprint density at radius 1 is 1.11 bits per heavy atom. The van der Waals surface area contributed by atoms with E-state index in [0.717, 1.165) is 18.7 Å². The second-order valence-electron chi connectivity index (χ2n) is 4.46. The van der Waals surface area contributed by atoms with Gasteiger partial charge in [-0.15, -0.1) is 0 Å². The van der Waals surface area contributed by atoms with Gasteiger partial charge in [0, 0.05) is 25.2 Å². The molecule has 0 atom stereocenters. The molecule has 0 spiro atoms. The Balaban J connectivity index is 1.97. The molecule has 0 aromatic heterocycles. The lowest BCUT2D eigenvalue weighted by Crippen LogP contribution is -2.18. The average molecular weight is 247 g/mol. The molecule has 18 heavy (non-hydrogen) atoms. The standard InChI is InChI=1S/C13H17N3O2/c17-16(18)13-7-5-12(6-8-13)11-14-15-9-3-1-2-4-10-15/h5-8,11H,1-4,9-10H2/b14-11-. The fourth-order valence-electron chi connectivity index (χ4n) is 2.00. The van der Waals surface area contributed by atoms with E-state index in [4.69, 9.17) is 0 Å². The molecule has 0 radical (unpaired) electrons. The van der Waals surface area contributed by atoms with Crippen molar-refractivity contribution in [1.82, 2.24) is 5.01 Å². The number of rotatable bonds is 3. The lowest BCUT2D eigenvalue weighted by atomic mass is 10.2. The van der Waals surface area contributed by atoms with E-state index in [1.54, 1.807) is 18.3 Å². The molecule has 5 nitrogen and oxygen atoms in total. The summed E-state index contributed by atoms with van der Waals surface area (Å²) in [5.41, 5.74) is 1.01. The number of nitro benzene ring substituents is 1. The van der Waals surface area contributed by atoms with Gasteiger partial charge in [-0.2, -0.15) is 5.10 Å². The van der Waals surface area contributed by atoms with E-state index in [-0.39, 0.29) is 5.69 Å². The fraction of sp³-hybridized carbons (Fsp3) is 0.462. The average Bonchev–Trinajstić information content (AvgIpc) is 2.65. The Hall–Kier alpha value is -1.91. The first-order valence-corrected chi connectivity index (χ1v) is 6.29. The van der Waals surface area contributed by atoms with E-state index in [9.17, 15) is 10.1 Å². The highest BCUT2D eigenvalue weighted by molar-refractivity contribution is 5.79. The Kier molecular flexibility index (Phi) is 4.28. The zero-order chi connectivity index (χ0) is 12.8. The van der Waals surface area contributed by atoms with Crippen molar-refractivity contribution < 1.29 is 4.92 Å². The number of hydrogen-bond donors (Lipinski definition) is 0. The second kappa shape index (κ2) is 6.14. The van der Waals surface area contributed by atoms with E-state index in [0.29, 0.717) is 0 Å². The highest BCUT2D eigenvalue weighted by Gasteiger charge is 2.06. The molecule has 1 aromatic rings. The molecule has 1 aliphatic heterocycles. The minimum absolute atomic E-state index is 0.113. The minimum atomic E-state index is -0.393. The van der Waals surface area contributed by atoms with Crippen LogP contribution in [0.1, 0.15) is 31.2 Å². The molecular weight excluding hydrogens is 230 g/mol. The number of hydrazone groups is 1. The molecule has 1 fully saturated rings. The molecule has 0 N–H and O–H groups in total. The van der Waals surface area contributed by atoms with Gasteiger partial charge in [-0.05, 0) is 30.5 Å². The molecule has 1 saturated heterocycles. The van der Waals surface area contributed by atoms with Gasteiger partial charge in [0.1, 0.15) is 0 Å². The van der Waals surface area contributed by atoms with Crippen molar-refractivity contribution in [1.29, 1.82) is 0 Å². The van der Waals surface area contributed by atoms with Crippen LogP contribution in [0.4, 0.5) is 5.69 Å². The van der Waals surface area contributed by atoms with Gasteiger partial charge in [0.05, 0.1) is 11.1 Å². The molecule has 0 unspecified atom stereocenters. The van der Waals surface area contributed by atoms with Crippen LogP contribution in [0.2, 0.25) is 0 Å². The quantitative estimate of drug-likeness (QED) is 0.469. The lowest BCUT2D eigenvalue weighted by Gasteiger charge is -2.15. The third-order valence-corrected chi connectivity index (χ3v) is 3.06. The first kappa shape index (κ1) is 12.5. The normalized spacial score (nSPS) is 16.8. The first-order valence-electron chi connectivity index (χ1n) is 6.29. The van der Waals surface area contributed by atoms with Gasteiger partial charge in [0.2, 0.25) is 0 Å². The summed E-state index contributed by atoms with van der Waals surface area (Å²) in [6.07, 6.45) is 6.72. The zero-order valence-electron chi connectivity index (χ0n) is 10.3. The first-order chi connectivity index (χ1) is 8.75. The largest absolute Gasteiger partial charge is 0.297 e. The molecule has 0 amide bonds. The van der Waals surface area contributed by atoms with Gasteiger partial charge in [0.25, 0.3) is 5.69 Å². The summed E-state index contributed by atoms with van der Waals surface area (Å²) < 4.78 is 0. The van der Waals surface area contributed by atoms with Gasteiger partial charge >= 0.3 is 0 Å². The summed E-state index contributed by atoms with van der Waals surface area (Å²) in [6.45, 7) is 2.01. The summed E-state index contributed by atoms with van der Waals surface area (Å²) in [6, 6.07) is 6.45. The van der Waals surface area contributed by atoms with E-state index in [1.807, 2.05) is 0 Å². The van der Waals surface area contributed by atoms with E-state index in [1.165, 1.54) is 37.8 Å². The summed E-state index contributed by atoms with van der Waals surface area (Å²) in [5, 5.41) is 17.0. The van der Waals surface area contributed by atoms with Crippen LogP contribution in [0.25, 0.3) is 0 Å². The molecule has 0 aliphatic carbocycles. The SMILES string of the molecule is O=[N+]([O-])c1ccc(/C=N\N2CCCCCC2)cc1. The molecule has 0 bridgehead atoms. The van der Waals surface area contributed by atoms with Crippen molar-refractivity contribution in [2.45, 2.75) is 25.7 Å². The predicted octanol–water partition coefficient (Wildman–Crippen LogP) is 2.80. The number of nitrogens with zero attached hydrogens (tertiary/aromatic N) is 3. The van der Waals surface area contributed by atoms with E-state index in [2.05, 4.69) is 10.1 Å². The number of non-ortho nitro benzene ring substituents is 1. The molecular formula is C13H17N3O2. The molecule has 96 valence electrons. The van der Waals surface area contributed by atoms with E-state index >= 15 is 0 Å². The Morgan fingerprint density at radius 2 is 1.72 bits per heavy atom. The third kappa shape index (κ3) is 3.55. The highest BCUT2D eigenvalue weighted by Crippen LogP contribution is 2.12. The monoisotopic (exact) mass is 247 g/mol. The summed E-state index contributed by atoms with van der Waals surface area (Å²) in [4.78, 5) is 10.1. The molecule has 1 heterocycles. The number of benzene rings is 1. The maximum atomic E-state index is 10.5. The Bertz CT molecular complexity index is 420. The molecule has 5 heteroatoms. The van der Waals surface area contributed by atoms with Crippen molar-refractivity contribution in [2.24, 2.45) is 5.10 Å². The smallest absolute Gasteiger partial charge is 0.269 e. The fourth-order valence-corrected chi connectivity index (χ4v) is 2.00. The Labute approximate surface area is 106 Å². The Morgan fingerprint density at radius 3 is 2.28 bits per heavy atom. The summed E-state index contributed by atoms with van der Waals surface area (Å²) >= 11 is 0. The van der Waals surface area contributed by atoms with Gasteiger partial charge in [-0.3, -0.25) is 15.1 Å². The number of hydrogen-bond acceptors (Lipinski definition) is 4. The van der Waals surface area contributed by atoms with Crippen LogP contribution in [-0.4, -0.2) is 29.2 Å². The van der Waals surface area contributed by atoms with Crippen molar-refractivity contribution in [3.8, 4) is 0 Å². The van der Waals surface area contributed by atoms with Crippen LogP contribution >= 0.6 is 0 Å². The number of nitro groups is 1. The van der Waals surface area contributed by atoms with Gasteiger partial charge in [-0.25, -0.2) is 0 Å². The van der Waals surface area contributed by atoms with Crippen molar-refractivity contribution >= 4 is 11.9 Å². The maximum absolute atomic E-state index is 10.5. The minimum Gasteiger partial charge on any atom is -0.297 e. The van der Waals surface area contributed by atoms with Crippen molar-refractivity contribution in [2.75, 3.05) is 13.1 Å². The maximum Gasteiger partial charge on any atom is 0.269 e. The molecule has 0 saturated carbocycles. The van der Waals surface area contributed by atoms with Crippen molar-refractivity contribution in [3.63, 3.8) is 0 Å². The van der Waals surface area contributed by atoms with E-state index < -0.39 is 4.92 Å². The zero-order valence-corrected chi connectivity index (χ0v) is 10.3. The van der Waals surface area contributed by atoms with Crippen LogP contribution in [0.15, 0.2) is 29.4 Å². The van der Waals surface area contributed by atoms with Crippen LogP contribution < -0.4 is 0 Å². The van der Waals surface area contributed by atoms with Gasteiger partial charge < -0.3 is 0 Å². The lowest BCUT2D eigenvalue weighted by molar-refractivity contribution is -0.384.